The molecule has 3 N–H and O–H groups in total. The van der Waals surface area contributed by atoms with Gasteiger partial charge >= 0.3 is 0 Å². The van der Waals surface area contributed by atoms with Crippen LogP contribution in [0.4, 0.5) is 0 Å². The number of hydrogen-bond acceptors (Lipinski definition) is 5. The van der Waals surface area contributed by atoms with Gasteiger partial charge in [-0.25, -0.2) is 0 Å². The topological polar surface area (TPSA) is 99.1 Å². The smallest absolute Gasteiger partial charge is 0.225 e. The highest BCUT2D eigenvalue weighted by Gasteiger charge is 2.44. The molecule has 7 nitrogen and oxygen atoms in total. The first-order chi connectivity index (χ1) is 12.4. The maximum atomic E-state index is 12.4. The van der Waals surface area contributed by atoms with E-state index in [0.29, 0.717) is 5.92 Å². The van der Waals surface area contributed by atoms with E-state index in [-0.39, 0.29) is 30.7 Å². The quantitative estimate of drug-likeness (QED) is 0.612. The molecule has 4 unspecified atom stereocenters. The Morgan fingerprint density at radius 2 is 1.69 bits per heavy atom. The van der Waals surface area contributed by atoms with E-state index in [4.69, 9.17) is 4.74 Å². The van der Waals surface area contributed by atoms with Crippen LogP contribution in [0.2, 0.25) is 0 Å². The standard InChI is InChI=1S/C19H34N2O5/c1-4-13(5-2)19(25)20-11-15-18(24)17(23)14(26-15)10-16(22)21-8-6-12(3)7-9-21/h12-15,17-18,23-24H,4-11H2,1-3H3,(H,20,25). The van der Waals surface area contributed by atoms with Crippen molar-refractivity contribution in [2.75, 3.05) is 19.6 Å². The van der Waals surface area contributed by atoms with Crippen LogP contribution in [0.25, 0.3) is 0 Å². The normalized spacial score (nSPS) is 30.0. The van der Waals surface area contributed by atoms with Crippen molar-refractivity contribution in [3.05, 3.63) is 0 Å². The third-order valence-corrected chi connectivity index (χ3v) is 5.81. The van der Waals surface area contributed by atoms with E-state index >= 15 is 0 Å². The van der Waals surface area contributed by atoms with E-state index in [9.17, 15) is 19.8 Å². The molecule has 2 amide bonds. The molecule has 0 aromatic heterocycles. The number of ether oxygens (including phenoxy) is 1. The number of hydrogen-bond donors (Lipinski definition) is 3. The average Bonchev–Trinajstić information content (AvgIpc) is 2.89. The summed E-state index contributed by atoms with van der Waals surface area (Å²) in [5.41, 5.74) is 0. The molecular weight excluding hydrogens is 336 g/mol. The van der Waals surface area contributed by atoms with Crippen LogP contribution in [-0.2, 0) is 14.3 Å². The molecule has 26 heavy (non-hydrogen) atoms. The number of nitrogens with one attached hydrogen (secondary N) is 1. The maximum absolute atomic E-state index is 12.4. The first kappa shape index (κ1) is 21.1. The molecule has 0 aliphatic carbocycles. The van der Waals surface area contributed by atoms with Crippen LogP contribution in [0.5, 0.6) is 0 Å². The highest BCUT2D eigenvalue weighted by molar-refractivity contribution is 5.78. The summed E-state index contributed by atoms with van der Waals surface area (Å²) in [5.74, 6) is 0.465. The lowest BCUT2D eigenvalue weighted by atomic mass is 9.98. The molecule has 7 heteroatoms. The number of carbonyl (C=O) groups is 2. The summed E-state index contributed by atoms with van der Waals surface area (Å²) >= 11 is 0. The predicted octanol–water partition coefficient (Wildman–Crippen LogP) is 0.677. The Kier molecular flexibility index (Phi) is 7.85. The van der Waals surface area contributed by atoms with Gasteiger partial charge in [-0.3, -0.25) is 9.59 Å². The Morgan fingerprint density at radius 3 is 2.27 bits per heavy atom. The summed E-state index contributed by atoms with van der Waals surface area (Å²) < 4.78 is 5.70. The van der Waals surface area contributed by atoms with Gasteiger partial charge in [-0.2, -0.15) is 0 Å². The monoisotopic (exact) mass is 370 g/mol. The lowest BCUT2D eigenvalue weighted by molar-refractivity contribution is -0.137. The largest absolute Gasteiger partial charge is 0.388 e. The van der Waals surface area contributed by atoms with Crippen LogP contribution in [0.3, 0.4) is 0 Å². The second-order valence-electron chi connectivity index (χ2n) is 7.72. The van der Waals surface area contributed by atoms with E-state index < -0.39 is 24.4 Å². The van der Waals surface area contributed by atoms with Crippen molar-refractivity contribution in [3.8, 4) is 0 Å². The number of nitrogens with zero attached hydrogens (tertiary/aromatic N) is 1. The third kappa shape index (κ3) is 5.18. The number of amides is 2. The molecule has 0 aromatic rings. The Labute approximate surface area is 156 Å². The van der Waals surface area contributed by atoms with Crippen LogP contribution in [0.1, 0.15) is 52.9 Å². The number of likely N-dealkylation sites (tertiary alicyclic amines) is 1. The van der Waals surface area contributed by atoms with Crippen molar-refractivity contribution in [1.29, 1.82) is 0 Å². The summed E-state index contributed by atoms with van der Waals surface area (Å²) in [6.07, 6.45) is -0.0812. The molecule has 0 aromatic carbocycles. The average molecular weight is 370 g/mol. The lowest BCUT2D eigenvalue weighted by Crippen LogP contribution is -2.42. The molecule has 0 saturated carbocycles. The van der Waals surface area contributed by atoms with Gasteiger partial charge in [0.05, 0.1) is 12.5 Å². The number of carbonyl (C=O) groups excluding carboxylic acids is 2. The van der Waals surface area contributed by atoms with E-state index in [0.717, 1.165) is 38.8 Å². The molecule has 0 bridgehead atoms. The van der Waals surface area contributed by atoms with Crippen LogP contribution in [0.15, 0.2) is 0 Å². The zero-order valence-electron chi connectivity index (χ0n) is 16.2. The lowest BCUT2D eigenvalue weighted by Gasteiger charge is -2.31. The molecule has 2 rings (SSSR count). The van der Waals surface area contributed by atoms with Crippen molar-refractivity contribution in [2.45, 2.75) is 77.3 Å². The summed E-state index contributed by atoms with van der Waals surface area (Å²) in [7, 11) is 0. The number of aliphatic hydroxyl groups is 2. The van der Waals surface area contributed by atoms with Gasteiger partial charge in [0.15, 0.2) is 0 Å². The Bertz CT molecular complexity index is 475. The molecule has 2 fully saturated rings. The van der Waals surface area contributed by atoms with Gasteiger partial charge in [-0.05, 0) is 31.6 Å². The van der Waals surface area contributed by atoms with E-state index in [1.54, 1.807) is 0 Å². The summed E-state index contributed by atoms with van der Waals surface area (Å²) in [6, 6.07) is 0. The zero-order chi connectivity index (χ0) is 19.3. The molecule has 2 saturated heterocycles. The Morgan fingerprint density at radius 1 is 1.12 bits per heavy atom. The molecule has 2 heterocycles. The van der Waals surface area contributed by atoms with Gasteiger partial charge in [-0.15, -0.1) is 0 Å². The summed E-state index contributed by atoms with van der Waals surface area (Å²) in [6.45, 7) is 7.71. The van der Waals surface area contributed by atoms with E-state index in [1.165, 1.54) is 0 Å². The third-order valence-electron chi connectivity index (χ3n) is 5.81. The molecule has 4 atom stereocenters. The first-order valence-corrected chi connectivity index (χ1v) is 9.94. The number of aliphatic hydroxyl groups excluding tert-OH is 2. The van der Waals surface area contributed by atoms with Crippen LogP contribution < -0.4 is 5.32 Å². The summed E-state index contributed by atoms with van der Waals surface area (Å²) in [5, 5.41) is 23.2. The Balaban J connectivity index is 1.82. The van der Waals surface area contributed by atoms with E-state index in [1.807, 2.05) is 18.7 Å². The van der Waals surface area contributed by atoms with Crippen molar-refractivity contribution in [1.82, 2.24) is 10.2 Å². The number of piperidine rings is 1. The molecular formula is C19H34N2O5. The minimum Gasteiger partial charge on any atom is -0.388 e. The van der Waals surface area contributed by atoms with Gasteiger partial charge in [-0.1, -0.05) is 20.8 Å². The van der Waals surface area contributed by atoms with Gasteiger partial charge in [0.1, 0.15) is 18.3 Å². The van der Waals surface area contributed by atoms with Gasteiger partial charge in [0, 0.05) is 25.6 Å². The minimum atomic E-state index is -1.11. The number of rotatable bonds is 7. The fourth-order valence-electron chi connectivity index (χ4n) is 3.73. The highest BCUT2D eigenvalue weighted by Crippen LogP contribution is 2.25. The van der Waals surface area contributed by atoms with Crippen molar-refractivity contribution in [2.24, 2.45) is 11.8 Å². The fraction of sp³-hybridized carbons (Fsp3) is 0.895. The van der Waals surface area contributed by atoms with Gasteiger partial charge in [0.25, 0.3) is 0 Å². The predicted molar refractivity (Wildman–Crippen MR) is 97.4 cm³/mol. The molecule has 2 aliphatic heterocycles. The first-order valence-electron chi connectivity index (χ1n) is 9.94. The van der Waals surface area contributed by atoms with Crippen LogP contribution >= 0.6 is 0 Å². The van der Waals surface area contributed by atoms with Crippen molar-refractivity contribution >= 4 is 11.8 Å². The highest BCUT2D eigenvalue weighted by atomic mass is 16.5. The second kappa shape index (κ2) is 9.67. The maximum Gasteiger partial charge on any atom is 0.225 e. The molecule has 0 spiro atoms. The molecule has 150 valence electrons. The Hall–Kier alpha value is -1.18. The molecule has 0 radical (unpaired) electrons. The van der Waals surface area contributed by atoms with Gasteiger partial charge < -0.3 is 25.2 Å². The van der Waals surface area contributed by atoms with Crippen LogP contribution in [-0.4, -0.2) is 71.0 Å². The zero-order valence-corrected chi connectivity index (χ0v) is 16.2. The van der Waals surface area contributed by atoms with Crippen LogP contribution in [0, 0.1) is 11.8 Å². The van der Waals surface area contributed by atoms with Gasteiger partial charge in [0.2, 0.25) is 11.8 Å². The summed E-state index contributed by atoms with van der Waals surface area (Å²) in [4.78, 5) is 26.3. The SMILES string of the molecule is CCC(CC)C(=O)NCC1OC(CC(=O)N2CCC(C)CC2)C(O)C1O. The van der Waals surface area contributed by atoms with E-state index in [2.05, 4.69) is 12.2 Å². The minimum absolute atomic E-state index is 0.0464. The fourth-order valence-corrected chi connectivity index (χ4v) is 3.73. The molecule has 2 aliphatic rings. The van der Waals surface area contributed by atoms with Crippen molar-refractivity contribution in [3.63, 3.8) is 0 Å². The second-order valence-corrected chi connectivity index (χ2v) is 7.72. The van der Waals surface area contributed by atoms with Crippen molar-refractivity contribution < 1.29 is 24.5 Å².